The summed E-state index contributed by atoms with van der Waals surface area (Å²) in [4.78, 5) is 22.1. The summed E-state index contributed by atoms with van der Waals surface area (Å²) in [6, 6.07) is 7.45. The van der Waals surface area contributed by atoms with Gasteiger partial charge in [0.15, 0.2) is 0 Å². The lowest BCUT2D eigenvalue weighted by atomic mass is 10.1. The van der Waals surface area contributed by atoms with Crippen LogP contribution in [0.2, 0.25) is 0 Å². The van der Waals surface area contributed by atoms with Gasteiger partial charge < -0.3 is 25.3 Å². The highest BCUT2D eigenvalue weighted by Crippen LogP contribution is 2.13. The average Bonchev–Trinajstić information content (AvgIpc) is 2.53. The van der Waals surface area contributed by atoms with Crippen molar-refractivity contribution in [3.8, 4) is 5.75 Å². The number of rotatable bonds is 11. The Hall–Kier alpha value is -2.28. The molecule has 7 nitrogen and oxygen atoms in total. The quantitative estimate of drug-likeness (QED) is 0.595. The molecule has 1 aromatic rings. The SMILES string of the molecule is COC[C@H](C)NC(=O)[CH]Cc1ccc(OCCCOC(N)=O)cc1. The van der Waals surface area contributed by atoms with Gasteiger partial charge in [-0.3, -0.25) is 4.79 Å². The lowest BCUT2D eigenvalue weighted by molar-refractivity contribution is -0.118. The fourth-order valence-corrected chi connectivity index (χ4v) is 1.95. The zero-order valence-corrected chi connectivity index (χ0v) is 14.1. The fourth-order valence-electron chi connectivity index (χ4n) is 1.95. The zero-order chi connectivity index (χ0) is 17.8. The highest BCUT2D eigenvalue weighted by Gasteiger charge is 2.07. The van der Waals surface area contributed by atoms with E-state index < -0.39 is 6.09 Å². The number of hydrogen-bond donors (Lipinski definition) is 2. The van der Waals surface area contributed by atoms with Crippen molar-refractivity contribution in [1.29, 1.82) is 0 Å². The molecule has 0 fully saturated rings. The van der Waals surface area contributed by atoms with Gasteiger partial charge in [0.2, 0.25) is 5.91 Å². The third kappa shape index (κ3) is 8.99. The van der Waals surface area contributed by atoms with Gasteiger partial charge in [-0.15, -0.1) is 0 Å². The van der Waals surface area contributed by atoms with E-state index in [-0.39, 0.29) is 18.6 Å². The predicted molar refractivity (Wildman–Crippen MR) is 89.6 cm³/mol. The van der Waals surface area contributed by atoms with Crippen LogP contribution in [0.1, 0.15) is 18.9 Å². The molecular weight excluding hydrogens is 312 g/mol. The molecule has 0 unspecified atom stereocenters. The van der Waals surface area contributed by atoms with Crippen molar-refractivity contribution in [3.05, 3.63) is 36.2 Å². The Kier molecular flexibility index (Phi) is 9.29. The van der Waals surface area contributed by atoms with Crippen LogP contribution in [0.4, 0.5) is 4.79 Å². The molecule has 1 aromatic carbocycles. The van der Waals surface area contributed by atoms with E-state index in [1.54, 1.807) is 13.5 Å². The van der Waals surface area contributed by atoms with E-state index in [1.165, 1.54) is 0 Å². The average molecular weight is 337 g/mol. The van der Waals surface area contributed by atoms with Crippen molar-refractivity contribution in [2.24, 2.45) is 5.73 Å². The molecule has 1 atom stereocenters. The number of carbonyl (C=O) groups excluding carboxylic acids is 2. The molecule has 0 aliphatic heterocycles. The second-order valence-electron chi connectivity index (χ2n) is 5.29. The first-order valence-electron chi connectivity index (χ1n) is 7.78. The minimum atomic E-state index is -0.781. The maximum absolute atomic E-state index is 11.7. The van der Waals surface area contributed by atoms with Crippen LogP contribution >= 0.6 is 0 Å². The number of benzene rings is 1. The van der Waals surface area contributed by atoms with Gasteiger partial charge in [-0.1, -0.05) is 12.1 Å². The van der Waals surface area contributed by atoms with Crippen LogP contribution in [-0.2, 0) is 20.7 Å². The largest absolute Gasteiger partial charge is 0.493 e. The van der Waals surface area contributed by atoms with E-state index in [9.17, 15) is 9.59 Å². The molecule has 0 aromatic heterocycles. The molecule has 3 N–H and O–H groups in total. The van der Waals surface area contributed by atoms with Crippen molar-refractivity contribution in [1.82, 2.24) is 5.32 Å². The minimum absolute atomic E-state index is 0.0203. The number of primary amides is 1. The normalized spacial score (nSPS) is 11.6. The molecule has 0 aliphatic carbocycles. The number of carbonyl (C=O) groups is 2. The molecule has 0 spiro atoms. The first kappa shape index (κ1) is 19.8. The van der Waals surface area contributed by atoms with Gasteiger partial charge in [-0.05, 0) is 31.0 Å². The van der Waals surface area contributed by atoms with E-state index in [0.717, 1.165) is 11.3 Å². The number of ether oxygens (including phenoxy) is 3. The molecule has 24 heavy (non-hydrogen) atoms. The molecule has 1 radical (unpaired) electrons. The number of amides is 2. The second kappa shape index (κ2) is 11.3. The molecule has 0 heterocycles. The van der Waals surface area contributed by atoms with E-state index in [2.05, 4.69) is 10.1 Å². The summed E-state index contributed by atoms with van der Waals surface area (Å²) in [5.41, 5.74) is 5.86. The third-order valence-electron chi connectivity index (χ3n) is 3.05. The van der Waals surface area contributed by atoms with Crippen LogP contribution in [0.15, 0.2) is 24.3 Å². The molecule has 0 saturated heterocycles. The van der Waals surface area contributed by atoms with Gasteiger partial charge in [0, 0.05) is 19.6 Å². The molecule has 7 heteroatoms. The number of nitrogens with one attached hydrogen (secondary N) is 1. The standard InChI is InChI=1S/C17H25N2O5/c1-13(12-22-2)19-16(20)9-6-14-4-7-15(8-5-14)23-10-3-11-24-17(18)21/h4-5,7-9,13H,3,6,10-12H2,1-2H3,(H2,18,21)(H,19,20)/t13-/m0/s1. The van der Waals surface area contributed by atoms with E-state index in [0.29, 0.717) is 26.1 Å². The van der Waals surface area contributed by atoms with Gasteiger partial charge in [0.05, 0.1) is 26.2 Å². The molecule has 0 bridgehead atoms. The number of methoxy groups -OCH3 is 1. The molecule has 1 rings (SSSR count). The van der Waals surface area contributed by atoms with Crippen molar-refractivity contribution in [2.45, 2.75) is 25.8 Å². The number of nitrogens with two attached hydrogens (primary N) is 1. The van der Waals surface area contributed by atoms with Crippen molar-refractivity contribution < 1.29 is 23.8 Å². The highest BCUT2D eigenvalue weighted by molar-refractivity contribution is 5.85. The molecular formula is C17H25N2O5. The summed E-state index contributed by atoms with van der Waals surface area (Å²) in [5, 5.41) is 2.82. The summed E-state index contributed by atoms with van der Waals surface area (Å²) in [6.45, 7) is 3.03. The van der Waals surface area contributed by atoms with Gasteiger partial charge in [0.1, 0.15) is 5.75 Å². The lowest BCUT2D eigenvalue weighted by Gasteiger charge is -2.12. The van der Waals surface area contributed by atoms with Gasteiger partial charge in [-0.25, -0.2) is 4.79 Å². The summed E-state index contributed by atoms with van der Waals surface area (Å²) in [7, 11) is 1.60. The van der Waals surface area contributed by atoms with Gasteiger partial charge >= 0.3 is 6.09 Å². The van der Waals surface area contributed by atoms with Crippen LogP contribution in [-0.4, -0.2) is 45.0 Å². The van der Waals surface area contributed by atoms with Gasteiger partial charge in [-0.2, -0.15) is 0 Å². The molecule has 133 valence electrons. The molecule has 0 aliphatic rings. The minimum Gasteiger partial charge on any atom is -0.493 e. The maximum Gasteiger partial charge on any atom is 0.404 e. The Bertz CT molecular complexity index is 504. The molecule has 0 saturated carbocycles. The van der Waals surface area contributed by atoms with Crippen molar-refractivity contribution in [2.75, 3.05) is 26.9 Å². The maximum atomic E-state index is 11.7. The Balaban J connectivity index is 2.24. The van der Waals surface area contributed by atoms with Crippen LogP contribution < -0.4 is 15.8 Å². The van der Waals surface area contributed by atoms with E-state index >= 15 is 0 Å². The monoisotopic (exact) mass is 337 g/mol. The summed E-state index contributed by atoms with van der Waals surface area (Å²) >= 11 is 0. The summed E-state index contributed by atoms with van der Waals surface area (Å²) in [5.74, 6) is 0.602. The van der Waals surface area contributed by atoms with Crippen molar-refractivity contribution >= 4 is 12.0 Å². The van der Waals surface area contributed by atoms with Crippen LogP contribution in [0.5, 0.6) is 5.75 Å². The summed E-state index contributed by atoms with van der Waals surface area (Å²) < 4.78 is 15.1. The number of hydrogen-bond acceptors (Lipinski definition) is 5. The zero-order valence-electron chi connectivity index (χ0n) is 14.1. The predicted octanol–water partition coefficient (Wildman–Crippen LogP) is 1.45. The van der Waals surface area contributed by atoms with E-state index in [4.69, 9.17) is 15.2 Å². The highest BCUT2D eigenvalue weighted by atomic mass is 16.5. The smallest absolute Gasteiger partial charge is 0.404 e. The molecule has 2 amide bonds. The second-order valence-corrected chi connectivity index (χ2v) is 5.29. The third-order valence-corrected chi connectivity index (χ3v) is 3.05. The van der Waals surface area contributed by atoms with Crippen molar-refractivity contribution in [3.63, 3.8) is 0 Å². The Morgan fingerprint density at radius 1 is 1.25 bits per heavy atom. The van der Waals surface area contributed by atoms with Crippen LogP contribution in [0.25, 0.3) is 0 Å². The van der Waals surface area contributed by atoms with E-state index in [1.807, 2.05) is 31.2 Å². The Morgan fingerprint density at radius 2 is 1.96 bits per heavy atom. The first-order chi connectivity index (χ1) is 11.5. The lowest BCUT2D eigenvalue weighted by Crippen LogP contribution is -2.35. The Morgan fingerprint density at radius 3 is 2.58 bits per heavy atom. The summed E-state index contributed by atoms with van der Waals surface area (Å²) in [6.07, 6.45) is 1.93. The topological polar surface area (TPSA) is 99.9 Å². The van der Waals surface area contributed by atoms with Gasteiger partial charge in [0.25, 0.3) is 0 Å². The fraction of sp³-hybridized carbons (Fsp3) is 0.471. The Labute approximate surface area is 142 Å². The van der Waals surface area contributed by atoms with Crippen LogP contribution in [0.3, 0.4) is 0 Å². The van der Waals surface area contributed by atoms with Crippen LogP contribution in [0, 0.1) is 6.42 Å². The first-order valence-corrected chi connectivity index (χ1v) is 7.78.